The second-order valence-electron chi connectivity index (χ2n) is 5.48. The van der Waals surface area contributed by atoms with E-state index in [1.807, 2.05) is 29.2 Å². The maximum atomic E-state index is 12.4. The van der Waals surface area contributed by atoms with Gasteiger partial charge >= 0.3 is 0 Å². The fourth-order valence-corrected chi connectivity index (χ4v) is 3.58. The summed E-state index contributed by atoms with van der Waals surface area (Å²) < 4.78 is 4.32. The molecule has 0 N–H and O–H groups in total. The lowest BCUT2D eigenvalue weighted by Gasteiger charge is -2.34. The molecule has 3 rings (SSSR count). The van der Waals surface area contributed by atoms with Crippen LogP contribution in [0.25, 0.3) is 0 Å². The van der Waals surface area contributed by atoms with Gasteiger partial charge in [-0.3, -0.25) is 4.79 Å². The lowest BCUT2D eigenvalue weighted by Crippen LogP contribution is -2.49. The first-order chi connectivity index (χ1) is 11.2. The minimum atomic E-state index is 0.129. The fourth-order valence-electron chi connectivity index (χ4n) is 2.58. The molecule has 1 aromatic heterocycles. The summed E-state index contributed by atoms with van der Waals surface area (Å²) in [6.45, 7) is 5.07. The van der Waals surface area contributed by atoms with Gasteiger partial charge in [-0.15, -0.1) is 0 Å². The SMILES string of the molecule is CCc1nsc(N2CCN(C(=O)Cc3ccccc3Cl)CC2)n1. The molecule has 1 aromatic carbocycles. The lowest BCUT2D eigenvalue weighted by atomic mass is 10.1. The highest BCUT2D eigenvalue weighted by Crippen LogP contribution is 2.20. The molecule has 2 heterocycles. The standard InChI is InChI=1S/C16H19ClN4OS/c1-2-14-18-16(23-19-14)21-9-7-20(8-10-21)15(22)11-12-5-3-4-6-13(12)17/h3-6H,2,7-11H2,1H3. The summed E-state index contributed by atoms with van der Waals surface area (Å²) >= 11 is 7.57. The highest BCUT2D eigenvalue weighted by molar-refractivity contribution is 7.09. The molecule has 0 aliphatic carbocycles. The van der Waals surface area contributed by atoms with Crippen LogP contribution >= 0.6 is 23.1 Å². The van der Waals surface area contributed by atoms with Gasteiger partial charge in [-0.05, 0) is 11.6 Å². The van der Waals surface area contributed by atoms with Crippen LogP contribution in [0.2, 0.25) is 5.02 Å². The molecular formula is C16H19ClN4OS. The van der Waals surface area contributed by atoms with Crippen molar-refractivity contribution in [3.05, 3.63) is 40.7 Å². The molecule has 23 heavy (non-hydrogen) atoms. The highest BCUT2D eigenvalue weighted by atomic mass is 35.5. The van der Waals surface area contributed by atoms with Crippen LogP contribution in [-0.2, 0) is 17.6 Å². The van der Waals surface area contributed by atoms with Gasteiger partial charge in [-0.2, -0.15) is 4.37 Å². The summed E-state index contributed by atoms with van der Waals surface area (Å²) in [5.74, 6) is 1.02. The first kappa shape index (κ1) is 16.2. The molecule has 1 saturated heterocycles. The Kier molecular flexibility index (Phi) is 5.13. The Labute approximate surface area is 145 Å². The molecule has 5 nitrogen and oxygen atoms in total. The van der Waals surface area contributed by atoms with E-state index in [9.17, 15) is 4.79 Å². The van der Waals surface area contributed by atoms with Gasteiger partial charge in [0.25, 0.3) is 0 Å². The lowest BCUT2D eigenvalue weighted by molar-refractivity contribution is -0.130. The summed E-state index contributed by atoms with van der Waals surface area (Å²) in [6.07, 6.45) is 1.21. The molecule has 1 aliphatic rings. The van der Waals surface area contributed by atoms with Crippen molar-refractivity contribution in [2.24, 2.45) is 0 Å². The van der Waals surface area contributed by atoms with Gasteiger partial charge in [0.1, 0.15) is 5.82 Å². The number of halogens is 1. The minimum absolute atomic E-state index is 0.129. The number of anilines is 1. The van der Waals surface area contributed by atoms with E-state index in [1.165, 1.54) is 11.5 Å². The van der Waals surface area contributed by atoms with E-state index in [0.29, 0.717) is 24.5 Å². The Hall–Kier alpha value is -1.66. The van der Waals surface area contributed by atoms with Gasteiger partial charge in [-0.25, -0.2) is 4.98 Å². The first-order valence-corrected chi connectivity index (χ1v) is 8.91. The smallest absolute Gasteiger partial charge is 0.227 e. The Bertz CT molecular complexity index is 682. The first-order valence-electron chi connectivity index (χ1n) is 7.76. The molecular weight excluding hydrogens is 332 g/mol. The number of hydrogen-bond donors (Lipinski definition) is 0. The number of amides is 1. The van der Waals surface area contributed by atoms with Crippen LogP contribution in [0.1, 0.15) is 18.3 Å². The van der Waals surface area contributed by atoms with Crippen LogP contribution in [0.5, 0.6) is 0 Å². The van der Waals surface area contributed by atoms with E-state index in [-0.39, 0.29) is 5.91 Å². The molecule has 1 amide bonds. The van der Waals surface area contributed by atoms with Crippen LogP contribution in [0.15, 0.2) is 24.3 Å². The molecule has 0 spiro atoms. The third-order valence-corrected chi connectivity index (χ3v) is 5.16. The number of aryl methyl sites for hydroxylation is 1. The number of carbonyl (C=O) groups is 1. The number of carbonyl (C=O) groups excluding carboxylic acids is 1. The Balaban J connectivity index is 1.56. The number of nitrogens with zero attached hydrogens (tertiary/aromatic N) is 4. The predicted molar refractivity (Wildman–Crippen MR) is 93.2 cm³/mol. The third-order valence-electron chi connectivity index (χ3n) is 3.98. The summed E-state index contributed by atoms with van der Waals surface area (Å²) in [4.78, 5) is 21.1. The van der Waals surface area contributed by atoms with Crippen molar-refractivity contribution in [1.82, 2.24) is 14.3 Å². The quantitative estimate of drug-likeness (QED) is 0.850. The second kappa shape index (κ2) is 7.27. The predicted octanol–water partition coefficient (Wildman–Crippen LogP) is 2.65. The molecule has 1 aliphatic heterocycles. The fraction of sp³-hybridized carbons (Fsp3) is 0.438. The van der Waals surface area contributed by atoms with Crippen molar-refractivity contribution in [3.8, 4) is 0 Å². The molecule has 2 aromatic rings. The van der Waals surface area contributed by atoms with E-state index >= 15 is 0 Å². The molecule has 0 radical (unpaired) electrons. The number of rotatable bonds is 4. The van der Waals surface area contributed by atoms with Crippen LogP contribution in [0.4, 0.5) is 5.13 Å². The highest BCUT2D eigenvalue weighted by Gasteiger charge is 2.23. The van der Waals surface area contributed by atoms with E-state index < -0.39 is 0 Å². The van der Waals surface area contributed by atoms with Crippen molar-refractivity contribution in [1.29, 1.82) is 0 Å². The maximum absolute atomic E-state index is 12.4. The number of aromatic nitrogens is 2. The summed E-state index contributed by atoms with van der Waals surface area (Å²) in [5.41, 5.74) is 0.887. The van der Waals surface area contributed by atoms with Gasteiger partial charge < -0.3 is 9.80 Å². The van der Waals surface area contributed by atoms with Crippen molar-refractivity contribution in [2.45, 2.75) is 19.8 Å². The van der Waals surface area contributed by atoms with E-state index in [4.69, 9.17) is 11.6 Å². The third kappa shape index (κ3) is 3.82. The van der Waals surface area contributed by atoms with Gasteiger partial charge in [0, 0.05) is 49.2 Å². The average molecular weight is 351 g/mol. The zero-order chi connectivity index (χ0) is 16.2. The largest absolute Gasteiger partial charge is 0.343 e. The second-order valence-corrected chi connectivity index (χ2v) is 6.62. The Morgan fingerprint density at radius 1 is 1.26 bits per heavy atom. The zero-order valence-corrected chi connectivity index (χ0v) is 14.6. The molecule has 0 saturated carbocycles. The molecule has 0 bridgehead atoms. The monoisotopic (exact) mass is 350 g/mol. The minimum Gasteiger partial charge on any atom is -0.343 e. The summed E-state index contributed by atoms with van der Waals surface area (Å²) in [6, 6.07) is 7.52. The molecule has 7 heteroatoms. The Morgan fingerprint density at radius 2 is 2.00 bits per heavy atom. The molecule has 0 unspecified atom stereocenters. The normalized spacial score (nSPS) is 15.0. The van der Waals surface area contributed by atoms with Crippen molar-refractivity contribution < 1.29 is 4.79 Å². The number of piperazine rings is 1. The maximum Gasteiger partial charge on any atom is 0.227 e. The topological polar surface area (TPSA) is 49.3 Å². The molecule has 122 valence electrons. The zero-order valence-electron chi connectivity index (χ0n) is 13.0. The van der Waals surface area contributed by atoms with E-state index in [0.717, 1.165) is 36.0 Å². The summed E-state index contributed by atoms with van der Waals surface area (Å²) in [5, 5.41) is 1.61. The van der Waals surface area contributed by atoms with Gasteiger partial charge in [0.2, 0.25) is 11.0 Å². The van der Waals surface area contributed by atoms with Crippen molar-refractivity contribution >= 4 is 34.2 Å². The van der Waals surface area contributed by atoms with Crippen LogP contribution in [0.3, 0.4) is 0 Å². The van der Waals surface area contributed by atoms with E-state index in [1.54, 1.807) is 0 Å². The van der Waals surface area contributed by atoms with Crippen LogP contribution < -0.4 is 4.90 Å². The van der Waals surface area contributed by atoms with Gasteiger partial charge in [0.05, 0.1) is 6.42 Å². The van der Waals surface area contributed by atoms with Crippen molar-refractivity contribution in [2.75, 3.05) is 31.1 Å². The summed E-state index contributed by atoms with van der Waals surface area (Å²) in [7, 11) is 0. The average Bonchev–Trinajstić information content (AvgIpc) is 3.06. The van der Waals surface area contributed by atoms with E-state index in [2.05, 4.69) is 21.2 Å². The van der Waals surface area contributed by atoms with Gasteiger partial charge in [0.15, 0.2) is 0 Å². The van der Waals surface area contributed by atoms with Crippen LogP contribution in [-0.4, -0.2) is 46.3 Å². The van der Waals surface area contributed by atoms with Gasteiger partial charge in [-0.1, -0.05) is 36.7 Å². The number of hydrogen-bond acceptors (Lipinski definition) is 5. The number of benzene rings is 1. The molecule has 1 fully saturated rings. The molecule has 0 atom stereocenters. The van der Waals surface area contributed by atoms with Crippen molar-refractivity contribution in [3.63, 3.8) is 0 Å². The van der Waals surface area contributed by atoms with Crippen LogP contribution in [0, 0.1) is 0 Å². The Morgan fingerprint density at radius 3 is 2.65 bits per heavy atom.